The number of anilines is 1. The molecule has 0 aliphatic carbocycles. The van der Waals surface area contributed by atoms with Gasteiger partial charge in [0.05, 0.1) is 29.0 Å². The number of aromatic nitrogens is 2. The number of benzene rings is 2. The van der Waals surface area contributed by atoms with Gasteiger partial charge in [0.25, 0.3) is 5.91 Å². The number of amides is 1. The lowest BCUT2D eigenvalue weighted by Gasteiger charge is -2.08. The van der Waals surface area contributed by atoms with Crippen LogP contribution in [0.25, 0.3) is 11.0 Å². The fourth-order valence-electron chi connectivity index (χ4n) is 2.05. The average molecular weight is 368 g/mol. The predicted octanol–water partition coefficient (Wildman–Crippen LogP) is 2.12. The van der Waals surface area contributed by atoms with Gasteiger partial charge in [0.1, 0.15) is 16.8 Å². The number of hydrogen-bond acceptors (Lipinski definition) is 8. The van der Waals surface area contributed by atoms with E-state index >= 15 is 0 Å². The summed E-state index contributed by atoms with van der Waals surface area (Å²) in [5.41, 5.74) is 2.26. The molecule has 8 nitrogen and oxygen atoms in total. The van der Waals surface area contributed by atoms with Gasteiger partial charge in [-0.2, -0.15) is 14.0 Å². The van der Waals surface area contributed by atoms with Crippen LogP contribution in [-0.4, -0.2) is 33.8 Å². The lowest BCUT2D eigenvalue weighted by Crippen LogP contribution is -2.23. The van der Waals surface area contributed by atoms with Crippen molar-refractivity contribution in [3.05, 3.63) is 48.0 Å². The van der Waals surface area contributed by atoms with Gasteiger partial charge in [-0.05, 0) is 36.4 Å². The summed E-state index contributed by atoms with van der Waals surface area (Å²) in [7, 11) is 0. The Morgan fingerprint density at radius 2 is 1.92 bits per heavy atom. The normalized spacial score (nSPS) is 10.1. The minimum absolute atomic E-state index is 0.342. The molecule has 1 aromatic heterocycles. The van der Waals surface area contributed by atoms with E-state index in [1.165, 1.54) is 0 Å². The highest BCUT2D eigenvalue weighted by Crippen LogP contribution is 2.20. The van der Waals surface area contributed by atoms with Crippen LogP contribution in [0.15, 0.2) is 42.5 Å². The smallest absolute Gasteiger partial charge is 0.344 e. The SMILES string of the molecule is N#Cc1ccc(OCC(=O)OCC(=O)Nc2cccc3nsnc23)cc1. The number of hydrogen-bond donors (Lipinski definition) is 1. The third-order valence-electron chi connectivity index (χ3n) is 3.26. The van der Waals surface area contributed by atoms with E-state index in [1.54, 1.807) is 42.5 Å². The fraction of sp³-hybridized carbons (Fsp3) is 0.118. The Morgan fingerprint density at radius 1 is 1.12 bits per heavy atom. The first-order valence-electron chi connectivity index (χ1n) is 7.45. The number of carbonyl (C=O) groups excluding carboxylic acids is 2. The van der Waals surface area contributed by atoms with Crippen LogP contribution in [0, 0.1) is 11.3 Å². The minimum Gasteiger partial charge on any atom is -0.482 e. The zero-order chi connectivity index (χ0) is 18.4. The van der Waals surface area contributed by atoms with Gasteiger partial charge in [0.15, 0.2) is 13.2 Å². The summed E-state index contributed by atoms with van der Waals surface area (Å²) in [5, 5.41) is 11.3. The maximum absolute atomic E-state index is 11.9. The molecule has 0 unspecified atom stereocenters. The van der Waals surface area contributed by atoms with Crippen molar-refractivity contribution in [1.82, 2.24) is 8.75 Å². The molecule has 0 saturated carbocycles. The Kier molecular flexibility index (Phi) is 5.36. The van der Waals surface area contributed by atoms with Crippen molar-refractivity contribution in [2.75, 3.05) is 18.5 Å². The van der Waals surface area contributed by atoms with E-state index in [0.717, 1.165) is 11.7 Å². The molecular formula is C17H12N4O4S. The topological polar surface area (TPSA) is 114 Å². The molecule has 9 heteroatoms. The van der Waals surface area contributed by atoms with E-state index in [1.807, 2.05) is 6.07 Å². The highest BCUT2D eigenvalue weighted by Gasteiger charge is 2.11. The Labute approximate surface area is 152 Å². The maximum Gasteiger partial charge on any atom is 0.344 e. The molecule has 0 aliphatic heterocycles. The monoisotopic (exact) mass is 368 g/mol. The van der Waals surface area contributed by atoms with E-state index in [0.29, 0.717) is 28.0 Å². The van der Waals surface area contributed by atoms with Gasteiger partial charge in [0.2, 0.25) is 0 Å². The van der Waals surface area contributed by atoms with Crippen molar-refractivity contribution in [3.8, 4) is 11.8 Å². The molecule has 1 N–H and O–H groups in total. The molecule has 3 rings (SSSR count). The lowest BCUT2D eigenvalue weighted by molar-refractivity contribution is -0.149. The molecule has 3 aromatic rings. The summed E-state index contributed by atoms with van der Waals surface area (Å²) in [6, 6.07) is 13.5. The van der Waals surface area contributed by atoms with Crippen LogP contribution in [0.4, 0.5) is 5.69 Å². The molecule has 0 saturated heterocycles. The summed E-state index contributed by atoms with van der Waals surface area (Å²) in [6.45, 7) is -0.783. The predicted molar refractivity (Wildman–Crippen MR) is 93.7 cm³/mol. The van der Waals surface area contributed by atoms with Gasteiger partial charge in [-0.25, -0.2) is 4.79 Å². The van der Waals surface area contributed by atoms with Crippen LogP contribution < -0.4 is 10.1 Å². The molecule has 2 aromatic carbocycles. The van der Waals surface area contributed by atoms with Gasteiger partial charge < -0.3 is 14.8 Å². The third kappa shape index (κ3) is 4.31. The Morgan fingerprint density at radius 3 is 2.69 bits per heavy atom. The van der Waals surface area contributed by atoms with Crippen molar-refractivity contribution >= 4 is 40.3 Å². The van der Waals surface area contributed by atoms with Gasteiger partial charge in [-0.1, -0.05) is 6.07 Å². The van der Waals surface area contributed by atoms with Gasteiger partial charge >= 0.3 is 5.97 Å². The number of esters is 1. The molecule has 1 amide bonds. The molecular weight excluding hydrogens is 356 g/mol. The number of nitrogens with zero attached hydrogens (tertiary/aromatic N) is 3. The largest absolute Gasteiger partial charge is 0.482 e. The highest BCUT2D eigenvalue weighted by molar-refractivity contribution is 7.00. The summed E-state index contributed by atoms with van der Waals surface area (Å²) >= 11 is 1.05. The Hall–Kier alpha value is -3.51. The van der Waals surface area contributed by atoms with E-state index in [4.69, 9.17) is 14.7 Å². The molecule has 0 radical (unpaired) electrons. The molecule has 0 fully saturated rings. The summed E-state index contributed by atoms with van der Waals surface area (Å²) in [5.74, 6) is -0.747. The van der Waals surface area contributed by atoms with Crippen molar-refractivity contribution in [2.24, 2.45) is 0 Å². The van der Waals surface area contributed by atoms with Gasteiger partial charge in [-0.15, -0.1) is 0 Å². The lowest BCUT2D eigenvalue weighted by atomic mass is 10.2. The van der Waals surface area contributed by atoms with Crippen LogP contribution in [0.2, 0.25) is 0 Å². The van der Waals surface area contributed by atoms with Crippen molar-refractivity contribution < 1.29 is 19.1 Å². The van der Waals surface area contributed by atoms with Crippen LogP contribution in [0.3, 0.4) is 0 Å². The second-order valence-corrected chi connectivity index (χ2v) is 5.60. The number of carbonyl (C=O) groups is 2. The van der Waals surface area contributed by atoms with Crippen LogP contribution in [0.1, 0.15) is 5.56 Å². The molecule has 0 bridgehead atoms. The van der Waals surface area contributed by atoms with Crippen LogP contribution in [0.5, 0.6) is 5.75 Å². The first kappa shape index (κ1) is 17.3. The summed E-state index contributed by atoms with van der Waals surface area (Å²) in [4.78, 5) is 23.6. The fourth-order valence-corrected chi connectivity index (χ4v) is 2.60. The van der Waals surface area contributed by atoms with E-state index < -0.39 is 18.5 Å². The third-order valence-corrected chi connectivity index (χ3v) is 3.81. The first-order valence-corrected chi connectivity index (χ1v) is 8.18. The van der Waals surface area contributed by atoms with E-state index in [-0.39, 0.29) is 6.61 Å². The molecule has 0 spiro atoms. The Balaban J connectivity index is 1.46. The molecule has 0 aliphatic rings. The molecule has 130 valence electrons. The standard InChI is InChI=1S/C17H12N4O4S/c18-8-11-4-6-12(7-5-11)24-10-16(23)25-9-15(22)19-13-2-1-3-14-17(13)21-26-20-14/h1-7H,9-10H2,(H,19,22). The second kappa shape index (κ2) is 8.04. The quantitative estimate of drug-likeness (QED) is 0.663. The Bertz CT molecular complexity index is 978. The van der Waals surface area contributed by atoms with Crippen LogP contribution >= 0.6 is 11.7 Å². The average Bonchev–Trinajstić information content (AvgIpc) is 3.15. The van der Waals surface area contributed by atoms with Crippen molar-refractivity contribution in [2.45, 2.75) is 0 Å². The summed E-state index contributed by atoms with van der Waals surface area (Å²) in [6.07, 6.45) is 0. The second-order valence-electron chi connectivity index (χ2n) is 5.07. The maximum atomic E-state index is 11.9. The highest BCUT2D eigenvalue weighted by atomic mass is 32.1. The molecule has 26 heavy (non-hydrogen) atoms. The first-order chi connectivity index (χ1) is 12.7. The van der Waals surface area contributed by atoms with Crippen LogP contribution in [-0.2, 0) is 14.3 Å². The van der Waals surface area contributed by atoms with Gasteiger partial charge in [-0.3, -0.25) is 4.79 Å². The van der Waals surface area contributed by atoms with E-state index in [2.05, 4.69) is 14.1 Å². The number of nitriles is 1. The minimum atomic E-state index is -0.682. The zero-order valence-electron chi connectivity index (χ0n) is 13.3. The van der Waals surface area contributed by atoms with E-state index in [9.17, 15) is 9.59 Å². The van der Waals surface area contributed by atoms with Crippen molar-refractivity contribution in [1.29, 1.82) is 5.26 Å². The number of nitrogens with one attached hydrogen (secondary N) is 1. The number of ether oxygens (including phenoxy) is 2. The zero-order valence-corrected chi connectivity index (χ0v) is 14.2. The number of fused-ring (bicyclic) bond motifs is 1. The van der Waals surface area contributed by atoms with Gasteiger partial charge in [0, 0.05) is 0 Å². The molecule has 1 heterocycles. The number of rotatable bonds is 6. The molecule has 0 atom stereocenters. The van der Waals surface area contributed by atoms with Crippen molar-refractivity contribution in [3.63, 3.8) is 0 Å². The summed E-state index contributed by atoms with van der Waals surface area (Å²) < 4.78 is 18.3.